The minimum absolute atomic E-state index is 0.0517. The van der Waals surface area contributed by atoms with Crippen LogP contribution >= 0.6 is 15.9 Å². The average molecular weight is 513 g/mol. The lowest BCUT2D eigenvalue weighted by atomic mass is 9.43. The fourth-order valence-corrected chi connectivity index (χ4v) is 9.84. The Hall–Kier alpha value is -0.790. The number of ether oxygens (including phenoxy) is 1. The van der Waals surface area contributed by atoms with Gasteiger partial charge in [-0.25, -0.2) is 0 Å². The van der Waals surface area contributed by atoms with Crippen molar-refractivity contribution in [2.24, 2.45) is 34.5 Å². The molecule has 0 saturated heterocycles. The number of hydrogen-bond donors (Lipinski definition) is 2. The van der Waals surface area contributed by atoms with E-state index in [0.717, 1.165) is 19.3 Å². The molecular formula is C25H37BrO6. The van der Waals surface area contributed by atoms with Crippen molar-refractivity contribution in [3.8, 4) is 0 Å². The average Bonchev–Trinajstić information content (AvgIpc) is 2.96. The second-order valence-electron chi connectivity index (χ2n) is 11.3. The molecule has 2 N–H and O–H groups in total. The molecule has 4 aliphatic rings. The Bertz CT molecular complexity index is 829. The molecule has 4 saturated carbocycles. The monoisotopic (exact) mass is 512 g/mol. The topological polar surface area (TPSA) is 101 Å². The zero-order valence-electron chi connectivity index (χ0n) is 19.7. The molecule has 180 valence electrons. The largest absolute Gasteiger partial charge is 0.450 e. The highest BCUT2D eigenvalue weighted by Gasteiger charge is 2.76. The van der Waals surface area contributed by atoms with Crippen LogP contribution in [0.4, 0.5) is 0 Å². The Morgan fingerprint density at radius 2 is 1.88 bits per heavy atom. The summed E-state index contributed by atoms with van der Waals surface area (Å²) in [5, 5.41) is 21.7. The van der Waals surface area contributed by atoms with Gasteiger partial charge in [0.15, 0.2) is 5.60 Å². The van der Waals surface area contributed by atoms with Gasteiger partial charge in [0.1, 0.15) is 12.4 Å². The van der Waals surface area contributed by atoms with Crippen LogP contribution in [-0.2, 0) is 19.1 Å². The fraction of sp³-hybridized carbons (Fsp3) is 0.880. The van der Waals surface area contributed by atoms with E-state index >= 15 is 0 Å². The molecule has 9 atom stereocenters. The van der Waals surface area contributed by atoms with Crippen LogP contribution < -0.4 is 0 Å². The first kappa shape index (κ1) is 24.3. The van der Waals surface area contributed by atoms with Crippen LogP contribution in [0.25, 0.3) is 0 Å². The molecular weight excluding hydrogens is 476 g/mol. The number of aliphatic hydroxyl groups is 2. The van der Waals surface area contributed by atoms with Gasteiger partial charge in [0, 0.05) is 30.6 Å². The Kier molecular flexibility index (Phi) is 5.99. The van der Waals surface area contributed by atoms with Crippen LogP contribution in [0.3, 0.4) is 0 Å². The van der Waals surface area contributed by atoms with Crippen LogP contribution in [-0.4, -0.2) is 50.4 Å². The summed E-state index contributed by atoms with van der Waals surface area (Å²) >= 11 is 4.09. The van der Waals surface area contributed by atoms with E-state index in [1.54, 1.807) is 6.92 Å². The normalized spacial score (nSPS) is 50.2. The van der Waals surface area contributed by atoms with Gasteiger partial charge in [0.05, 0.1) is 10.4 Å². The van der Waals surface area contributed by atoms with Crippen molar-refractivity contribution in [1.82, 2.24) is 0 Å². The third-order valence-electron chi connectivity index (χ3n) is 10.2. The van der Waals surface area contributed by atoms with Gasteiger partial charge in [-0.05, 0) is 55.3 Å². The van der Waals surface area contributed by atoms with Crippen molar-refractivity contribution >= 4 is 33.5 Å². The van der Waals surface area contributed by atoms with Gasteiger partial charge in [-0.15, -0.1) is 0 Å². The second-order valence-corrected chi connectivity index (χ2v) is 12.6. The summed E-state index contributed by atoms with van der Waals surface area (Å²) in [4.78, 5) is 38.0. The number of Topliss-reactive ketones (excluding diaryl/α,β-unsaturated/α-hetero) is 2. The minimum atomic E-state index is -1.44. The number of alkyl halides is 1. The predicted molar refractivity (Wildman–Crippen MR) is 122 cm³/mol. The highest BCUT2D eigenvalue weighted by atomic mass is 79.9. The molecule has 0 bridgehead atoms. The van der Waals surface area contributed by atoms with Gasteiger partial charge >= 0.3 is 5.97 Å². The number of aliphatic hydroxyl groups excluding tert-OH is 2. The predicted octanol–water partition coefficient (Wildman–Crippen LogP) is 3.59. The summed E-state index contributed by atoms with van der Waals surface area (Å²) in [5.41, 5.74) is -2.43. The molecule has 0 radical (unpaired) electrons. The van der Waals surface area contributed by atoms with E-state index in [9.17, 15) is 24.6 Å². The first-order valence-electron chi connectivity index (χ1n) is 12.2. The Morgan fingerprint density at radius 3 is 2.50 bits per heavy atom. The van der Waals surface area contributed by atoms with Crippen molar-refractivity contribution in [2.45, 2.75) is 95.1 Å². The lowest BCUT2D eigenvalue weighted by molar-refractivity contribution is -0.208. The quantitative estimate of drug-likeness (QED) is 0.440. The number of fused-ring (bicyclic) bond motifs is 5. The third kappa shape index (κ3) is 2.86. The third-order valence-corrected chi connectivity index (χ3v) is 12.2. The van der Waals surface area contributed by atoms with Crippen molar-refractivity contribution in [1.29, 1.82) is 0 Å². The summed E-state index contributed by atoms with van der Waals surface area (Å²) in [5.74, 6) is -0.489. The lowest BCUT2D eigenvalue weighted by Gasteiger charge is -2.67. The van der Waals surface area contributed by atoms with E-state index in [-0.39, 0.29) is 35.5 Å². The minimum Gasteiger partial charge on any atom is -0.450 e. The maximum absolute atomic E-state index is 13.3. The maximum atomic E-state index is 13.3. The lowest BCUT2D eigenvalue weighted by Crippen LogP contribution is -2.71. The fourth-order valence-electron chi connectivity index (χ4n) is 8.61. The van der Waals surface area contributed by atoms with Gasteiger partial charge in [0.25, 0.3) is 0 Å². The van der Waals surface area contributed by atoms with Crippen molar-refractivity contribution in [2.75, 3.05) is 6.61 Å². The van der Waals surface area contributed by atoms with Crippen LogP contribution in [0.2, 0.25) is 0 Å². The molecule has 4 rings (SSSR count). The number of carbonyl (C=O) groups is 3. The highest BCUT2D eigenvalue weighted by molar-refractivity contribution is 9.10. The number of carbonyl (C=O) groups excluding carboxylic acids is 3. The molecule has 0 aromatic rings. The zero-order chi connectivity index (χ0) is 23.7. The molecule has 32 heavy (non-hydrogen) atoms. The van der Waals surface area contributed by atoms with Crippen molar-refractivity contribution in [3.05, 3.63) is 0 Å². The molecule has 0 aromatic heterocycles. The molecule has 0 aliphatic heterocycles. The van der Waals surface area contributed by atoms with E-state index in [4.69, 9.17) is 4.74 Å². The van der Waals surface area contributed by atoms with E-state index in [2.05, 4.69) is 22.9 Å². The summed E-state index contributed by atoms with van der Waals surface area (Å²) < 4.78 is 5.42. The molecule has 0 spiro atoms. The Morgan fingerprint density at radius 1 is 1.19 bits per heavy atom. The maximum Gasteiger partial charge on any atom is 0.306 e. The van der Waals surface area contributed by atoms with E-state index in [1.807, 2.05) is 13.8 Å². The van der Waals surface area contributed by atoms with Crippen LogP contribution in [0.15, 0.2) is 0 Å². The first-order chi connectivity index (χ1) is 14.9. The smallest absolute Gasteiger partial charge is 0.306 e. The number of hydrogen-bond acceptors (Lipinski definition) is 6. The molecule has 0 amide bonds. The molecule has 0 heterocycles. The molecule has 0 aromatic carbocycles. The summed E-state index contributed by atoms with van der Waals surface area (Å²) in [6.45, 7) is 7.15. The molecule has 3 unspecified atom stereocenters. The van der Waals surface area contributed by atoms with E-state index < -0.39 is 39.8 Å². The summed E-state index contributed by atoms with van der Waals surface area (Å²) in [6, 6.07) is 0. The summed E-state index contributed by atoms with van der Waals surface area (Å²) in [7, 11) is 0. The standard InChI is InChI=1S/C25H37BrO6/c1-5-21(31)32-25(20(30)13-27)14(2)10-18-17-7-6-15-11-16(28)8-9-22(15,3)24(17,26)19(29)12-23(18,25)4/h14-15,17-19,27,29H,5-13H2,1-4H3/t14?,15?,17-,18-,19?,22-,23-,24-,25-/m0/s1. The van der Waals surface area contributed by atoms with Gasteiger partial charge < -0.3 is 14.9 Å². The van der Waals surface area contributed by atoms with Gasteiger partial charge in [0.2, 0.25) is 5.78 Å². The molecule has 7 heteroatoms. The van der Waals surface area contributed by atoms with Gasteiger partial charge in [-0.3, -0.25) is 14.4 Å². The van der Waals surface area contributed by atoms with Gasteiger partial charge in [-0.2, -0.15) is 0 Å². The second kappa shape index (κ2) is 7.88. The molecule has 4 aliphatic carbocycles. The number of esters is 1. The summed E-state index contributed by atoms with van der Waals surface area (Å²) in [6.07, 6.45) is 4.04. The van der Waals surface area contributed by atoms with Gasteiger partial charge in [-0.1, -0.05) is 43.6 Å². The number of halogens is 1. The molecule has 6 nitrogen and oxygen atoms in total. The van der Waals surface area contributed by atoms with Crippen LogP contribution in [0.5, 0.6) is 0 Å². The van der Waals surface area contributed by atoms with Crippen LogP contribution in [0, 0.1) is 34.5 Å². The first-order valence-corrected chi connectivity index (χ1v) is 13.0. The van der Waals surface area contributed by atoms with Crippen LogP contribution in [0.1, 0.15) is 79.1 Å². The molecule has 4 fully saturated rings. The van der Waals surface area contributed by atoms with E-state index in [0.29, 0.717) is 31.5 Å². The van der Waals surface area contributed by atoms with Crippen molar-refractivity contribution < 1.29 is 29.3 Å². The highest BCUT2D eigenvalue weighted by Crippen LogP contribution is 2.73. The Labute approximate surface area is 199 Å². The SMILES string of the molecule is CCC(=O)O[C@]1(C(=O)CO)C(C)C[C@H]2[C@@H]3CCC4CC(=O)CC[C@]4(C)[C@@]3(Br)C(O)C[C@@]21C. The zero-order valence-corrected chi connectivity index (χ0v) is 21.2. The Balaban J connectivity index is 1.81. The number of rotatable bonds is 4. The number of ketones is 2. The van der Waals surface area contributed by atoms with E-state index in [1.165, 1.54) is 0 Å². The van der Waals surface area contributed by atoms with Crippen molar-refractivity contribution in [3.63, 3.8) is 0 Å².